The lowest BCUT2D eigenvalue weighted by atomic mass is 9.79. The minimum absolute atomic E-state index is 0. The van der Waals surface area contributed by atoms with Crippen molar-refractivity contribution in [3.8, 4) is 0 Å². The van der Waals surface area contributed by atoms with E-state index in [0.717, 1.165) is 0 Å². The number of esters is 1. The van der Waals surface area contributed by atoms with Gasteiger partial charge in [-0.15, -0.1) is 12.4 Å². The molecule has 0 aromatic carbocycles. The Bertz CT molecular complexity index is 302. The lowest BCUT2D eigenvalue weighted by Gasteiger charge is -2.45. The number of Topliss-reactive ketones (excluding diaryl/α,β-unsaturated/α-hetero) is 1. The normalized spacial score (nSPS) is 36.8. The van der Waals surface area contributed by atoms with Gasteiger partial charge in [0.15, 0.2) is 17.5 Å². The van der Waals surface area contributed by atoms with E-state index in [-0.39, 0.29) is 31.9 Å². The number of alkyl halides is 1. The fourth-order valence-corrected chi connectivity index (χ4v) is 2.27. The van der Waals surface area contributed by atoms with Crippen molar-refractivity contribution in [3.05, 3.63) is 0 Å². The van der Waals surface area contributed by atoms with Gasteiger partial charge in [0.25, 0.3) is 0 Å². The fourth-order valence-electron chi connectivity index (χ4n) is 2.27. The molecule has 3 aliphatic heterocycles. The van der Waals surface area contributed by atoms with Crippen LogP contribution in [0.4, 0.5) is 4.39 Å². The van der Waals surface area contributed by atoms with Crippen molar-refractivity contribution in [2.45, 2.75) is 31.5 Å². The van der Waals surface area contributed by atoms with E-state index in [9.17, 15) is 14.0 Å². The molecule has 0 amide bonds. The molecule has 3 heterocycles. The number of carbonyl (C=O) groups is 2. The Morgan fingerprint density at radius 2 is 2.12 bits per heavy atom. The smallest absolute Gasteiger partial charge is 0.331 e. The summed E-state index contributed by atoms with van der Waals surface area (Å²) in [6, 6.07) is -1.00. The molecular weight excluding hydrogens is 237 g/mol. The molecule has 3 rings (SSSR count). The quantitative estimate of drug-likeness (QED) is 0.536. The van der Waals surface area contributed by atoms with Crippen LogP contribution in [-0.4, -0.2) is 48.1 Å². The van der Waals surface area contributed by atoms with Crippen LogP contribution in [0.5, 0.6) is 0 Å². The van der Waals surface area contributed by atoms with E-state index in [1.54, 1.807) is 11.8 Å². The predicted octanol–water partition coefficient (Wildman–Crippen LogP) is 0.727. The number of piperidine rings is 3. The van der Waals surface area contributed by atoms with Gasteiger partial charge in [-0.1, -0.05) is 0 Å². The van der Waals surface area contributed by atoms with Gasteiger partial charge in [-0.25, -0.2) is 9.18 Å². The van der Waals surface area contributed by atoms with Crippen molar-refractivity contribution in [3.63, 3.8) is 0 Å². The second kappa shape index (κ2) is 4.67. The minimum atomic E-state index is -1.79. The van der Waals surface area contributed by atoms with Crippen LogP contribution < -0.4 is 0 Å². The molecule has 3 saturated heterocycles. The average molecular weight is 252 g/mol. The highest BCUT2D eigenvalue weighted by molar-refractivity contribution is 6.08. The highest BCUT2D eigenvalue weighted by atomic mass is 35.5. The van der Waals surface area contributed by atoms with Gasteiger partial charge in [0.2, 0.25) is 0 Å². The van der Waals surface area contributed by atoms with E-state index in [4.69, 9.17) is 4.74 Å². The van der Waals surface area contributed by atoms with Gasteiger partial charge >= 0.3 is 5.97 Å². The zero-order valence-electron chi connectivity index (χ0n) is 9.07. The Balaban J connectivity index is 0.00000128. The maximum Gasteiger partial charge on any atom is 0.331 e. The van der Waals surface area contributed by atoms with Gasteiger partial charge in [0.05, 0.1) is 6.61 Å². The lowest BCUT2D eigenvalue weighted by molar-refractivity contribution is -0.167. The minimum Gasteiger partial charge on any atom is -0.464 e. The van der Waals surface area contributed by atoms with Crippen LogP contribution in [0.2, 0.25) is 0 Å². The van der Waals surface area contributed by atoms with Gasteiger partial charge in [-0.2, -0.15) is 0 Å². The second-order valence-electron chi connectivity index (χ2n) is 4.02. The molecule has 3 aliphatic rings. The van der Waals surface area contributed by atoms with Crippen LogP contribution in [0.1, 0.15) is 19.8 Å². The van der Waals surface area contributed by atoms with E-state index < -0.39 is 23.5 Å². The van der Waals surface area contributed by atoms with Gasteiger partial charge in [-0.3, -0.25) is 9.69 Å². The largest absolute Gasteiger partial charge is 0.464 e. The van der Waals surface area contributed by atoms with Crippen LogP contribution >= 0.6 is 12.4 Å². The Morgan fingerprint density at radius 1 is 1.56 bits per heavy atom. The van der Waals surface area contributed by atoms with Crippen LogP contribution in [0.15, 0.2) is 0 Å². The summed E-state index contributed by atoms with van der Waals surface area (Å²) in [4.78, 5) is 24.9. The first-order valence-electron chi connectivity index (χ1n) is 5.22. The molecule has 0 N–H and O–H groups in total. The number of rotatable bonds is 2. The molecule has 0 aliphatic carbocycles. The molecule has 3 fully saturated rings. The van der Waals surface area contributed by atoms with E-state index in [0.29, 0.717) is 13.1 Å². The van der Waals surface area contributed by atoms with Crippen LogP contribution in [0.3, 0.4) is 0 Å². The third-order valence-electron chi connectivity index (χ3n) is 3.16. The van der Waals surface area contributed by atoms with E-state index in [1.165, 1.54) is 0 Å². The van der Waals surface area contributed by atoms with E-state index in [2.05, 4.69) is 0 Å². The molecule has 0 saturated carbocycles. The van der Waals surface area contributed by atoms with E-state index >= 15 is 0 Å². The molecule has 6 heteroatoms. The summed E-state index contributed by atoms with van der Waals surface area (Å²) in [5, 5.41) is 0. The number of ketones is 1. The topological polar surface area (TPSA) is 46.6 Å². The zero-order valence-corrected chi connectivity index (χ0v) is 9.89. The number of hydrogen-bond donors (Lipinski definition) is 0. The number of hydrogen-bond acceptors (Lipinski definition) is 4. The average Bonchev–Trinajstić information content (AvgIpc) is 2.20. The Hall–Kier alpha value is -0.680. The maximum atomic E-state index is 14.0. The van der Waals surface area contributed by atoms with E-state index in [1.807, 2.05) is 0 Å². The first-order valence-corrected chi connectivity index (χ1v) is 5.22. The van der Waals surface area contributed by atoms with Crippen LogP contribution in [-0.2, 0) is 14.3 Å². The van der Waals surface area contributed by atoms with Crippen molar-refractivity contribution in [1.82, 2.24) is 4.90 Å². The predicted molar refractivity (Wildman–Crippen MR) is 57.3 cm³/mol. The number of halogens is 2. The molecule has 1 unspecified atom stereocenters. The Kier molecular flexibility index (Phi) is 3.91. The van der Waals surface area contributed by atoms with Crippen molar-refractivity contribution in [2.24, 2.45) is 0 Å². The summed E-state index contributed by atoms with van der Waals surface area (Å²) >= 11 is 0. The lowest BCUT2D eigenvalue weighted by Crippen LogP contribution is -2.65. The number of ether oxygens (including phenoxy) is 1. The standard InChI is InChI=1S/C10H14FNO3.ClH/c1-2-15-9(14)7-8(13)10(11)3-5-12(7)6-4-10;/h7H,2-6H2,1H3;1H. The fraction of sp³-hybridized carbons (Fsp3) is 0.800. The number of fused-ring (bicyclic) bond motifs is 3. The van der Waals surface area contributed by atoms with Gasteiger partial charge in [0.1, 0.15) is 0 Å². The summed E-state index contributed by atoms with van der Waals surface area (Å²) in [6.07, 6.45) is 0.420. The van der Waals surface area contributed by atoms with Crippen LogP contribution in [0, 0.1) is 0 Å². The molecule has 4 nitrogen and oxygen atoms in total. The maximum absolute atomic E-state index is 14.0. The summed E-state index contributed by atoms with van der Waals surface area (Å²) in [5.41, 5.74) is -1.79. The van der Waals surface area contributed by atoms with Crippen molar-refractivity contribution >= 4 is 24.2 Å². The molecule has 0 aromatic heterocycles. The van der Waals surface area contributed by atoms with Gasteiger partial charge in [0, 0.05) is 25.9 Å². The molecule has 2 bridgehead atoms. The molecule has 92 valence electrons. The van der Waals surface area contributed by atoms with Gasteiger partial charge < -0.3 is 4.74 Å². The van der Waals surface area contributed by atoms with Crippen molar-refractivity contribution in [1.29, 1.82) is 0 Å². The zero-order chi connectivity index (χ0) is 11.1. The highest BCUT2D eigenvalue weighted by Crippen LogP contribution is 2.36. The molecule has 0 radical (unpaired) electrons. The molecular formula is C10H15ClFNO3. The van der Waals surface area contributed by atoms with Crippen molar-refractivity contribution < 1.29 is 18.7 Å². The molecule has 16 heavy (non-hydrogen) atoms. The summed E-state index contributed by atoms with van der Waals surface area (Å²) in [7, 11) is 0. The Morgan fingerprint density at radius 3 is 2.62 bits per heavy atom. The second-order valence-corrected chi connectivity index (χ2v) is 4.02. The molecule has 0 aromatic rings. The number of nitrogens with zero attached hydrogens (tertiary/aromatic N) is 1. The Labute approximate surface area is 99.5 Å². The molecule has 1 atom stereocenters. The summed E-state index contributed by atoms with van der Waals surface area (Å²) < 4.78 is 18.8. The summed E-state index contributed by atoms with van der Waals surface area (Å²) in [6.45, 7) is 2.82. The third kappa shape index (κ3) is 1.94. The summed E-state index contributed by atoms with van der Waals surface area (Å²) in [5.74, 6) is -1.22. The van der Waals surface area contributed by atoms with Crippen LogP contribution in [0.25, 0.3) is 0 Å². The van der Waals surface area contributed by atoms with Crippen molar-refractivity contribution in [2.75, 3.05) is 19.7 Å². The highest BCUT2D eigenvalue weighted by Gasteiger charge is 2.55. The monoisotopic (exact) mass is 251 g/mol. The first kappa shape index (κ1) is 13.4. The van der Waals surface area contributed by atoms with Gasteiger partial charge in [-0.05, 0) is 6.92 Å². The first-order chi connectivity index (χ1) is 7.08. The SMILES string of the molecule is CCOC(=O)C1C(=O)C2(F)CCN1CC2.Cl. The number of carbonyl (C=O) groups excluding carboxylic acids is 2. The molecule has 0 spiro atoms. The third-order valence-corrected chi connectivity index (χ3v) is 3.16.